The Hall–Kier alpha value is -0.0800. The van der Waals surface area contributed by atoms with Crippen molar-refractivity contribution < 1.29 is 5.11 Å². The van der Waals surface area contributed by atoms with Crippen molar-refractivity contribution in [1.29, 1.82) is 0 Å². The maximum absolute atomic E-state index is 9.54. The van der Waals surface area contributed by atoms with Crippen LogP contribution in [0.5, 0.6) is 0 Å². The molecule has 0 unspecified atom stereocenters. The summed E-state index contributed by atoms with van der Waals surface area (Å²) in [6.45, 7) is 3.83. The molecule has 0 aromatic carbocycles. The largest absolute Gasteiger partial charge is 0.387 e. The standard InChI is InChI=1S/C7H15NO/c1-3-4-7(9)5-8(2)6-7/h9H,3-6H2,1-2H3. The van der Waals surface area contributed by atoms with Crippen LogP contribution in [0.25, 0.3) is 0 Å². The average molecular weight is 129 g/mol. The smallest absolute Gasteiger partial charge is 0.0899 e. The number of nitrogens with zero attached hydrogens (tertiary/aromatic N) is 1. The average Bonchev–Trinajstić information content (AvgIpc) is 1.62. The molecule has 1 heterocycles. The van der Waals surface area contributed by atoms with E-state index in [1.807, 2.05) is 7.05 Å². The van der Waals surface area contributed by atoms with Crippen LogP contribution in [0.15, 0.2) is 0 Å². The molecule has 0 atom stereocenters. The Morgan fingerprint density at radius 3 is 2.44 bits per heavy atom. The van der Waals surface area contributed by atoms with Gasteiger partial charge in [0.2, 0.25) is 0 Å². The summed E-state index contributed by atoms with van der Waals surface area (Å²) in [6.07, 6.45) is 2.04. The molecule has 1 saturated heterocycles. The number of β-amino-alcohol motifs (C(OH)–C–C–N with tert-alkyl or cyclic N) is 1. The van der Waals surface area contributed by atoms with Crippen molar-refractivity contribution in [2.45, 2.75) is 25.4 Å². The molecule has 1 N–H and O–H groups in total. The maximum Gasteiger partial charge on any atom is 0.0899 e. The summed E-state index contributed by atoms with van der Waals surface area (Å²) in [5.41, 5.74) is -0.330. The molecule has 54 valence electrons. The summed E-state index contributed by atoms with van der Waals surface area (Å²) >= 11 is 0. The SMILES string of the molecule is CCCC1(O)CN(C)C1. The molecule has 0 aliphatic carbocycles. The second-order valence-electron chi connectivity index (χ2n) is 3.15. The highest BCUT2D eigenvalue weighted by Crippen LogP contribution is 2.23. The van der Waals surface area contributed by atoms with Gasteiger partial charge in [0.25, 0.3) is 0 Å². The van der Waals surface area contributed by atoms with Gasteiger partial charge in [-0.25, -0.2) is 0 Å². The Kier molecular flexibility index (Phi) is 1.78. The van der Waals surface area contributed by atoms with Gasteiger partial charge in [0, 0.05) is 13.1 Å². The number of hydrogen-bond donors (Lipinski definition) is 1. The van der Waals surface area contributed by atoms with Gasteiger partial charge in [-0.15, -0.1) is 0 Å². The van der Waals surface area contributed by atoms with Gasteiger partial charge in [0.1, 0.15) is 0 Å². The lowest BCUT2D eigenvalue weighted by atomic mass is 9.90. The summed E-state index contributed by atoms with van der Waals surface area (Å²) in [6, 6.07) is 0. The summed E-state index contributed by atoms with van der Waals surface area (Å²) in [4.78, 5) is 2.13. The van der Waals surface area contributed by atoms with Crippen molar-refractivity contribution in [1.82, 2.24) is 4.90 Å². The maximum atomic E-state index is 9.54. The van der Waals surface area contributed by atoms with Gasteiger partial charge in [-0.3, -0.25) is 0 Å². The van der Waals surface area contributed by atoms with E-state index in [2.05, 4.69) is 11.8 Å². The highest BCUT2D eigenvalue weighted by Gasteiger charge is 2.37. The third-order valence-corrected chi connectivity index (χ3v) is 1.84. The zero-order valence-corrected chi connectivity index (χ0v) is 6.22. The molecular weight excluding hydrogens is 114 g/mol. The van der Waals surface area contributed by atoms with Gasteiger partial charge < -0.3 is 10.0 Å². The minimum atomic E-state index is -0.330. The Bertz CT molecular complexity index is 91.6. The first-order valence-electron chi connectivity index (χ1n) is 3.57. The predicted octanol–water partition coefficient (Wildman–Crippen LogP) is 0.463. The number of likely N-dealkylation sites (tertiary alicyclic amines) is 1. The third-order valence-electron chi connectivity index (χ3n) is 1.84. The van der Waals surface area contributed by atoms with Crippen LogP contribution in [0, 0.1) is 0 Å². The Labute approximate surface area is 56.5 Å². The Balaban J connectivity index is 2.23. The zero-order valence-electron chi connectivity index (χ0n) is 6.22. The molecule has 0 aromatic heterocycles. The predicted molar refractivity (Wildman–Crippen MR) is 37.4 cm³/mol. The fourth-order valence-electron chi connectivity index (χ4n) is 1.58. The molecule has 1 aliphatic heterocycles. The van der Waals surface area contributed by atoms with Gasteiger partial charge in [-0.05, 0) is 13.5 Å². The first-order valence-corrected chi connectivity index (χ1v) is 3.57. The molecule has 2 heteroatoms. The van der Waals surface area contributed by atoms with Crippen molar-refractivity contribution >= 4 is 0 Å². The molecular formula is C7H15NO. The molecule has 0 bridgehead atoms. The van der Waals surface area contributed by atoms with Crippen molar-refractivity contribution in [3.63, 3.8) is 0 Å². The van der Waals surface area contributed by atoms with E-state index in [0.29, 0.717) is 0 Å². The molecule has 1 rings (SSSR count). The summed E-state index contributed by atoms with van der Waals surface area (Å²) in [5, 5.41) is 9.54. The lowest BCUT2D eigenvalue weighted by Crippen LogP contribution is -2.59. The van der Waals surface area contributed by atoms with Gasteiger partial charge in [-0.1, -0.05) is 13.3 Å². The molecule has 1 aliphatic rings. The van der Waals surface area contributed by atoms with Crippen molar-refractivity contribution in [2.75, 3.05) is 20.1 Å². The second kappa shape index (κ2) is 2.27. The molecule has 0 saturated carbocycles. The number of likely N-dealkylation sites (N-methyl/N-ethyl adjacent to an activating group) is 1. The summed E-state index contributed by atoms with van der Waals surface area (Å²) in [7, 11) is 2.03. The van der Waals surface area contributed by atoms with Crippen LogP contribution in [-0.4, -0.2) is 35.7 Å². The Morgan fingerprint density at radius 2 is 2.11 bits per heavy atom. The monoisotopic (exact) mass is 129 g/mol. The minimum absolute atomic E-state index is 0.330. The van der Waals surface area contributed by atoms with E-state index in [1.165, 1.54) is 0 Å². The lowest BCUT2D eigenvalue weighted by Gasteiger charge is -2.44. The van der Waals surface area contributed by atoms with Crippen LogP contribution in [0.4, 0.5) is 0 Å². The van der Waals surface area contributed by atoms with E-state index in [1.54, 1.807) is 0 Å². The summed E-state index contributed by atoms with van der Waals surface area (Å²) < 4.78 is 0. The van der Waals surface area contributed by atoms with Gasteiger partial charge in [0.05, 0.1) is 5.60 Å². The van der Waals surface area contributed by atoms with Crippen LogP contribution in [0.2, 0.25) is 0 Å². The molecule has 0 radical (unpaired) electrons. The van der Waals surface area contributed by atoms with E-state index in [4.69, 9.17) is 0 Å². The van der Waals surface area contributed by atoms with E-state index in [9.17, 15) is 5.11 Å². The topological polar surface area (TPSA) is 23.5 Å². The van der Waals surface area contributed by atoms with Gasteiger partial charge in [0.15, 0.2) is 0 Å². The molecule has 0 aromatic rings. The van der Waals surface area contributed by atoms with Crippen LogP contribution in [0.1, 0.15) is 19.8 Å². The minimum Gasteiger partial charge on any atom is -0.387 e. The zero-order chi connectivity index (χ0) is 6.91. The quantitative estimate of drug-likeness (QED) is 0.585. The van der Waals surface area contributed by atoms with Crippen molar-refractivity contribution in [3.8, 4) is 0 Å². The molecule has 2 nitrogen and oxygen atoms in total. The first-order chi connectivity index (χ1) is 4.16. The van der Waals surface area contributed by atoms with E-state index >= 15 is 0 Å². The van der Waals surface area contributed by atoms with Crippen LogP contribution >= 0.6 is 0 Å². The first kappa shape index (κ1) is 7.03. The van der Waals surface area contributed by atoms with Crippen molar-refractivity contribution in [3.05, 3.63) is 0 Å². The van der Waals surface area contributed by atoms with Gasteiger partial charge >= 0.3 is 0 Å². The second-order valence-corrected chi connectivity index (χ2v) is 3.15. The molecule has 0 spiro atoms. The molecule has 1 fully saturated rings. The lowest BCUT2D eigenvalue weighted by molar-refractivity contribution is -0.0912. The highest BCUT2D eigenvalue weighted by atomic mass is 16.3. The molecule has 9 heavy (non-hydrogen) atoms. The highest BCUT2D eigenvalue weighted by molar-refractivity contribution is 4.92. The van der Waals surface area contributed by atoms with Crippen LogP contribution < -0.4 is 0 Å². The van der Waals surface area contributed by atoms with Gasteiger partial charge in [-0.2, -0.15) is 0 Å². The number of aliphatic hydroxyl groups is 1. The van der Waals surface area contributed by atoms with Crippen LogP contribution in [0.3, 0.4) is 0 Å². The van der Waals surface area contributed by atoms with Crippen LogP contribution in [-0.2, 0) is 0 Å². The fraction of sp³-hybridized carbons (Fsp3) is 1.00. The normalized spacial score (nSPS) is 25.7. The number of hydrogen-bond acceptors (Lipinski definition) is 2. The van der Waals surface area contributed by atoms with Crippen molar-refractivity contribution in [2.24, 2.45) is 0 Å². The molecule has 0 amide bonds. The fourth-order valence-corrected chi connectivity index (χ4v) is 1.58. The third kappa shape index (κ3) is 1.43. The Morgan fingerprint density at radius 1 is 1.56 bits per heavy atom. The summed E-state index contributed by atoms with van der Waals surface area (Å²) in [5.74, 6) is 0. The van der Waals surface area contributed by atoms with E-state index < -0.39 is 0 Å². The van der Waals surface area contributed by atoms with E-state index in [0.717, 1.165) is 25.9 Å². The number of rotatable bonds is 2. The van der Waals surface area contributed by atoms with E-state index in [-0.39, 0.29) is 5.60 Å².